The largest absolute Gasteiger partial charge is 0.463 e. The highest BCUT2D eigenvalue weighted by Crippen LogP contribution is 2.31. The van der Waals surface area contributed by atoms with E-state index in [4.69, 9.17) is 4.42 Å². The number of aryl methyl sites for hydroxylation is 1. The molecule has 2 heterocycles. The Morgan fingerprint density at radius 1 is 1.24 bits per heavy atom. The minimum atomic E-state index is -0.517. The fourth-order valence-electron chi connectivity index (χ4n) is 2.63. The normalized spacial score (nSPS) is 11.2. The molecule has 0 saturated heterocycles. The zero-order valence-electron chi connectivity index (χ0n) is 15.2. The first-order chi connectivity index (χ1) is 14.0. The van der Waals surface area contributed by atoms with Gasteiger partial charge in [-0.2, -0.15) is 10.1 Å². The first-order valence-corrected chi connectivity index (χ1v) is 9.36. The Kier molecular flexibility index (Phi) is 4.88. The van der Waals surface area contributed by atoms with Crippen LogP contribution in [0.3, 0.4) is 0 Å². The van der Waals surface area contributed by atoms with Crippen LogP contribution in [-0.4, -0.2) is 22.0 Å². The summed E-state index contributed by atoms with van der Waals surface area (Å²) in [6, 6.07) is 14.6. The molecule has 144 valence electrons. The number of hydrogen-bond donors (Lipinski definition) is 0. The van der Waals surface area contributed by atoms with Crippen LogP contribution in [0.5, 0.6) is 0 Å². The predicted octanol–water partition coefficient (Wildman–Crippen LogP) is 4.79. The summed E-state index contributed by atoms with van der Waals surface area (Å²) >= 11 is 1.33. The molecule has 0 radical (unpaired) electrons. The van der Waals surface area contributed by atoms with Crippen LogP contribution in [0.15, 0.2) is 70.4 Å². The standard InChI is InChI=1S/C20H14N4O4S/c1-13-4-9-17-18(11-13)29-20(22-17)23(21-12-16-3-2-10-28-16)19(25)14-5-7-15(8-6-14)24(26)27/h2-12H,1H3. The molecule has 9 heteroatoms. The zero-order valence-corrected chi connectivity index (χ0v) is 16.0. The Morgan fingerprint density at radius 3 is 2.72 bits per heavy atom. The van der Waals surface area contributed by atoms with E-state index in [-0.39, 0.29) is 11.3 Å². The summed E-state index contributed by atoms with van der Waals surface area (Å²) in [4.78, 5) is 28.0. The molecule has 0 saturated carbocycles. The van der Waals surface area contributed by atoms with Crippen molar-refractivity contribution in [1.82, 2.24) is 4.98 Å². The number of carbonyl (C=O) groups excluding carboxylic acids is 1. The number of anilines is 1. The number of benzene rings is 2. The van der Waals surface area contributed by atoms with Crippen LogP contribution in [0.1, 0.15) is 21.7 Å². The van der Waals surface area contributed by atoms with Crippen molar-refractivity contribution in [2.45, 2.75) is 6.92 Å². The number of nitro groups is 1. The number of non-ortho nitro benzene ring substituents is 1. The third kappa shape index (κ3) is 3.90. The van der Waals surface area contributed by atoms with E-state index >= 15 is 0 Å². The smallest absolute Gasteiger partial charge is 0.280 e. The number of rotatable bonds is 5. The van der Waals surface area contributed by atoms with Gasteiger partial charge in [-0.15, -0.1) is 0 Å². The van der Waals surface area contributed by atoms with E-state index in [9.17, 15) is 14.9 Å². The maximum absolute atomic E-state index is 13.1. The van der Waals surface area contributed by atoms with Gasteiger partial charge in [-0.25, -0.2) is 4.98 Å². The van der Waals surface area contributed by atoms with Gasteiger partial charge in [0.15, 0.2) is 0 Å². The number of furan rings is 1. The van der Waals surface area contributed by atoms with E-state index < -0.39 is 10.8 Å². The Hall–Kier alpha value is -3.85. The van der Waals surface area contributed by atoms with Gasteiger partial charge in [-0.05, 0) is 48.9 Å². The molecule has 2 aromatic heterocycles. The summed E-state index contributed by atoms with van der Waals surface area (Å²) in [5.74, 6) is 0.0157. The van der Waals surface area contributed by atoms with E-state index in [1.54, 1.807) is 12.1 Å². The predicted molar refractivity (Wildman–Crippen MR) is 111 cm³/mol. The third-order valence-electron chi connectivity index (χ3n) is 4.07. The van der Waals surface area contributed by atoms with E-state index in [1.165, 1.54) is 53.1 Å². The first-order valence-electron chi connectivity index (χ1n) is 8.55. The average Bonchev–Trinajstić information content (AvgIpc) is 3.37. The minimum absolute atomic E-state index is 0.0948. The number of aromatic nitrogens is 1. The fraction of sp³-hybridized carbons (Fsp3) is 0.0500. The lowest BCUT2D eigenvalue weighted by Crippen LogP contribution is -2.25. The summed E-state index contributed by atoms with van der Waals surface area (Å²) in [6.45, 7) is 1.98. The molecule has 0 aliphatic rings. The molecule has 0 bridgehead atoms. The summed E-state index contributed by atoms with van der Waals surface area (Å²) in [6.07, 6.45) is 2.92. The van der Waals surface area contributed by atoms with Crippen molar-refractivity contribution in [2.24, 2.45) is 5.10 Å². The van der Waals surface area contributed by atoms with Crippen molar-refractivity contribution in [3.8, 4) is 0 Å². The lowest BCUT2D eigenvalue weighted by Gasteiger charge is -2.13. The molecule has 1 amide bonds. The highest BCUT2D eigenvalue weighted by Gasteiger charge is 2.22. The third-order valence-corrected chi connectivity index (χ3v) is 5.07. The molecular formula is C20H14N4O4S. The second-order valence-electron chi connectivity index (χ2n) is 6.15. The zero-order chi connectivity index (χ0) is 20.4. The number of hydrogen-bond acceptors (Lipinski definition) is 7. The van der Waals surface area contributed by atoms with Crippen LogP contribution in [0.25, 0.3) is 10.2 Å². The van der Waals surface area contributed by atoms with Gasteiger partial charge in [-0.3, -0.25) is 14.9 Å². The summed E-state index contributed by atoms with van der Waals surface area (Å²) in [5, 5.41) is 16.7. The molecule has 29 heavy (non-hydrogen) atoms. The number of amides is 1. The van der Waals surface area contributed by atoms with Crippen LogP contribution in [0.4, 0.5) is 10.8 Å². The number of carbonyl (C=O) groups is 1. The van der Waals surface area contributed by atoms with Gasteiger partial charge in [-0.1, -0.05) is 17.4 Å². The van der Waals surface area contributed by atoms with Crippen LogP contribution < -0.4 is 5.01 Å². The molecule has 2 aromatic carbocycles. The number of nitro benzene ring substituents is 1. The van der Waals surface area contributed by atoms with E-state index in [1.807, 2.05) is 25.1 Å². The molecule has 0 atom stereocenters. The lowest BCUT2D eigenvalue weighted by molar-refractivity contribution is -0.384. The summed E-state index contributed by atoms with van der Waals surface area (Å²) < 4.78 is 6.17. The number of nitrogens with zero attached hydrogens (tertiary/aromatic N) is 4. The lowest BCUT2D eigenvalue weighted by atomic mass is 10.2. The van der Waals surface area contributed by atoms with Crippen molar-refractivity contribution in [2.75, 3.05) is 5.01 Å². The average molecular weight is 406 g/mol. The van der Waals surface area contributed by atoms with Crippen molar-refractivity contribution in [3.63, 3.8) is 0 Å². The van der Waals surface area contributed by atoms with Gasteiger partial charge in [0.25, 0.3) is 11.6 Å². The van der Waals surface area contributed by atoms with E-state index in [2.05, 4.69) is 10.1 Å². The highest BCUT2D eigenvalue weighted by atomic mass is 32.1. The quantitative estimate of drug-likeness (QED) is 0.269. The Labute approximate surface area is 168 Å². The van der Waals surface area contributed by atoms with E-state index in [0.717, 1.165) is 15.8 Å². The number of fused-ring (bicyclic) bond motifs is 1. The molecule has 4 aromatic rings. The van der Waals surface area contributed by atoms with Gasteiger partial charge in [0.05, 0.1) is 27.6 Å². The number of thiazole rings is 1. The molecule has 8 nitrogen and oxygen atoms in total. The van der Waals surface area contributed by atoms with Crippen LogP contribution in [-0.2, 0) is 0 Å². The van der Waals surface area contributed by atoms with Gasteiger partial charge in [0.2, 0.25) is 5.13 Å². The SMILES string of the molecule is Cc1ccc2nc(N(N=Cc3ccco3)C(=O)c3ccc([N+](=O)[O-])cc3)sc2c1. The Balaban J connectivity index is 1.74. The van der Waals surface area contributed by atoms with Gasteiger partial charge in [0, 0.05) is 17.7 Å². The van der Waals surface area contributed by atoms with Crippen molar-refractivity contribution in [1.29, 1.82) is 0 Å². The van der Waals surface area contributed by atoms with Gasteiger partial charge >= 0.3 is 0 Å². The molecular weight excluding hydrogens is 392 g/mol. The van der Waals surface area contributed by atoms with Crippen molar-refractivity contribution >= 4 is 44.5 Å². The fourth-order valence-corrected chi connectivity index (χ4v) is 3.65. The summed E-state index contributed by atoms with van der Waals surface area (Å²) in [7, 11) is 0. The molecule has 4 rings (SSSR count). The monoisotopic (exact) mass is 406 g/mol. The van der Waals surface area contributed by atoms with Crippen molar-refractivity contribution < 1.29 is 14.1 Å². The van der Waals surface area contributed by atoms with Crippen LogP contribution in [0, 0.1) is 17.0 Å². The molecule has 0 fully saturated rings. The number of hydrazone groups is 1. The Bertz CT molecular complexity index is 1210. The highest BCUT2D eigenvalue weighted by molar-refractivity contribution is 7.22. The van der Waals surface area contributed by atoms with Crippen LogP contribution in [0.2, 0.25) is 0 Å². The maximum atomic E-state index is 13.1. The topological polar surface area (TPSA) is 102 Å². The maximum Gasteiger partial charge on any atom is 0.280 e. The molecule has 0 spiro atoms. The summed E-state index contributed by atoms with van der Waals surface area (Å²) in [5.41, 5.74) is 2.00. The van der Waals surface area contributed by atoms with Gasteiger partial charge < -0.3 is 4.42 Å². The molecule has 0 unspecified atom stereocenters. The molecule has 0 N–H and O–H groups in total. The first kappa shape index (κ1) is 18.5. The van der Waals surface area contributed by atoms with Gasteiger partial charge in [0.1, 0.15) is 5.76 Å². The molecule has 0 aliphatic heterocycles. The van der Waals surface area contributed by atoms with Crippen LogP contribution >= 0.6 is 11.3 Å². The molecule has 0 aliphatic carbocycles. The van der Waals surface area contributed by atoms with E-state index in [0.29, 0.717) is 10.9 Å². The Morgan fingerprint density at radius 2 is 2.03 bits per heavy atom. The second kappa shape index (κ2) is 7.64. The van der Waals surface area contributed by atoms with Crippen molar-refractivity contribution in [3.05, 3.63) is 87.9 Å². The minimum Gasteiger partial charge on any atom is -0.463 e. The second-order valence-corrected chi connectivity index (χ2v) is 7.16.